The molecule has 1 aromatic rings. The number of hydrogen-bond donors (Lipinski definition) is 2. The number of hydrazine groups is 1. The molecule has 1 heterocycles. The first-order chi connectivity index (χ1) is 13.9. The van der Waals surface area contributed by atoms with Crippen molar-refractivity contribution in [2.24, 2.45) is 11.8 Å². The largest absolute Gasteiger partial charge is 0.273 e. The summed E-state index contributed by atoms with van der Waals surface area (Å²) in [5.41, 5.74) is 5.44. The minimum absolute atomic E-state index is 0.0385. The van der Waals surface area contributed by atoms with Crippen LogP contribution in [0.25, 0.3) is 0 Å². The lowest BCUT2D eigenvalue weighted by Crippen LogP contribution is -2.49. The van der Waals surface area contributed by atoms with E-state index >= 15 is 0 Å². The second-order valence-electron chi connectivity index (χ2n) is 7.63. The number of nitrogens with zero attached hydrogens (tertiary/aromatic N) is 2. The maximum atomic E-state index is 12.7. The van der Waals surface area contributed by atoms with E-state index in [1.165, 1.54) is 28.6 Å². The van der Waals surface area contributed by atoms with E-state index in [9.17, 15) is 18.0 Å². The molecule has 1 aliphatic carbocycles. The Bertz CT molecular complexity index is 878. The van der Waals surface area contributed by atoms with Crippen LogP contribution in [0.3, 0.4) is 0 Å². The number of benzene rings is 1. The average Bonchev–Trinajstić information content (AvgIpc) is 2.78. The predicted molar refractivity (Wildman–Crippen MR) is 106 cm³/mol. The molecule has 2 amide bonds. The highest BCUT2D eigenvalue weighted by molar-refractivity contribution is 7.89. The Morgan fingerprint density at radius 1 is 0.897 bits per heavy atom. The van der Waals surface area contributed by atoms with Gasteiger partial charge in [0.25, 0.3) is 0 Å². The number of nitriles is 1. The number of sulfonamides is 1. The van der Waals surface area contributed by atoms with Crippen LogP contribution in [-0.4, -0.2) is 37.6 Å². The molecular formula is C20H26N4O4S. The molecule has 0 spiro atoms. The molecule has 1 saturated carbocycles. The minimum atomic E-state index is -3.65. The number of carbonyl (C=O) groups is 2. The van der Waals surface area contributed by atoms with E-state index in [2.05, 4.69) is 10.9 Å². The van der Waals surface area contributed by atoms with Crippen molar-refractivity contribution in [2.75, 3.05) is 13.1 Å². The van der Waals surface area contributed by atoms with Crippen molar-refractivity contribution in [3.63, 3.8) is 0 Å². The smallest absolute Gasteiger partial charge is 0.243 e. The first kappa shape index (κ1) is 21.3. The van der Waals surface area contributed by atoms with E-state index in [1.54, 1.807) is 0 Å². The molecule has 0 unspecified atom stereocenters. The van der Waals surface area contributed by atoms with Gasteiger partial charge in [0.1, 0.15) is 0 Å². The summed E-state index contributed by atoms with van der Waals surface area (Å²) in [7, 11) is -3.65. The fourth-order valence-electron chi connectivity index (χ4n) is 3.90. The van der Waals surface area contributed by atoms with Crippen molar-refractivity contribution in [3.8, 4) is 6.07 Å². The Kier molecular flexibility index (Phi) is 6.87. The summed E-state index contributed by atoms with van der Waals surface area (Å²) in [5, 5.41) is 8.84. The van der Waals surface area contributed by atoms with Gasteiger partial charge in [0.2, 0.25) is 21.8 Å². The molecule has 0 atom stereocenters. The van der Waals surface area contributed by atoms with Gasteiger partial charge in [-0.15, -0.1) is 0 Å². The van der Waals surface area contributed by atoms with Gasteiger partial charge in [-0.25, -0.2) is 8.42 Å². The van der Waals surface area contributed by atoms with E-state index < -0.39 is 10.0 Å². The monoisotopic (exact) mass is 418 g/mol. The van der Waals surface area contributed by atoms with E-state index in [0.29, 0.717) is 18.4 Å². The second kappa shape index (κ2) is 9.37. The Labute approximate surface area is 171 Å². The Balaban J connectivity index is 1.49. The molecule has 1 saturated heterocycles. The molecule has 0 radical (unpaired) electrons. The fraction of sp³-hybridized carbons (Fsp3) is 0.550. The van der Waals surface area contributed by atoms with E-state index in [0.717, 1.165) is 32.1 Å². The number of rotatable bonds is 4. The van der Waals surface area contributed by atoms with Crippen LogP contribution in [-0.2, 0) is 19.6 Å². The zero-order valence-corrected chi connectivity index (χ0v) is 17.1. The number of hydrogen-bond acceptors (Lipinski definition) is 5. The van der Waals surface area contributed by atoms with E-state index in [4.69, 9.17) is 5.26 Å². The lowest BCUT2D eigenvalue weighted by atomic mass is 9.89. The molecule has 2 fully saturated rings. The maximum absolute atomic E-state index is 12.7. The molecule has 2 aliphatic rings. The van der Waals surface area contributed by atoms with Crippen LogP contribution in [0.15, 0.2) is 29.2 Å². The van der Waals surface area contributed by atoms with Crippen LogP contribution in [0.2, 0.25) is 0 Å². The Morgan fingerprint density at radius 2 is 1.41 bits per heavy atom. The first-order valence-corrected chi connectivity index (χ1v) is 11.5. The van der Waals surface area contributed by atoms with Crippen molar-refractivity contribution >= 4 is 21.8 Å². The lowest BCUT2D eigenvalue weighted by molar-refractivity contribution is -0.134. The standard InChI is InChI=1S/C20H26N4O4S/c21-14-15-6-8-18(9-7-15)29(27,28)24-12-10-17(11-13-24)20(26)23-22-19(25)16-4-2-1-3-5-16/h6-9,16-17H,1-5,10-13H2,(H,22,25)(H,23,26). The zero-order valence-electron chi connectivity index (χ0n) is 16.3. The van der Waals surface area contributed by atoms with Crippen molar-refractivity contribution in [1.29, 1.82) is 5.26 Å². The van der Waals surface area contributed by atoms with Crippen LogP contribution < -0.4 is 10.9 Å². The molecule has 3 rings (SSSR count). The molecule has 9 heteroatoms. The highest BCUT2D eigenvalue weighted by atomic mass is 32.2. The zero-order chi connectivity index (χ0) is 20.9. The van der Waals surface area contributed by atoms with Gasteiger partial charge in [0.15, 0.2) is 0 Å². The third kappa shape index (κ3) is 5.14. The van der Waals surface area contributed by atoms with Gasteiger partial charge in [-0.05, 0) is 49.9 Å². The average molecular weight is 419 g/mol. The Morgan fingerprint density at radius 3 is 1.93 bits per heavy atom. The van der Waals surface area contributed by atoms with Gasteiger partial charge in [0.05, 0.1) is 16.5 Å². The maximum Gasteiger partial charge on any atom is 0.243 e. The quantitative estimate of drug-likeness (QED) is 0.721. The third-order valence-corrected chi connectivity index (χ3v) is 7.64. The predicted octanol–water partition coefficient (Wildman–Crippen LogP) is 1.69. The number of amides is 2. The lowest BCUT2D eigenvalue weighted by Gasteiger charge is -2.30. The van der Waals surface area contributed by atoms with Gasteiger partial charge in [0, 0.05) is 24.9 Å². The second-order valence-corrected chi connectivity index (χ2v) is 9.57. The number of nitrogens with one attached hydrogen (secondary N) is 2. The molecule has 1 aliphatic heterocycles. The van der Waals surface area contributed by atoms with Crippen LogP contribution in [0.5, 0.6) is 0 Å². The topological polar surface area (TPSA) is 119 Å². The molecule has 156 valence electrons. The van der Waals surface area contributed by atoms with Gasteiger partial charge in [-0.2, -0.15) is 9.57 Å². The summed E-state index contributed by atoms with van der Waals surface area (Å²) < 4.78 is 26.8. The molecule has 0 aromatic heterocycles. The summed E-state index contributed by atoms with van der Waals surface area (Å²) >= 11 is 0. The summed E-state index contributed by atoms with van der Waals surface area (Å²) in [6, 6.07) is 7.76. The van der Waals surface area contributed by atoms with Crippen molar-refractivity contribution in [3.05, 3.63) is 29.8 Å². The highest BCUT2D eigenvalue weighted by Crippen LogP contribution is 2.25. The SMILES string of the molecule is N#Cc1ccc(S(=O)(=O)N2CCC(C(=O)NNC(=O)C3CCCCC3)CC2)cc1. The van der Waals surface area contributed by atoms with Gasteiger partial charge >= 0.3 is 0 Å². The molecular weight excluding hydrogens is 392 g/mol. The van der Waals surface area contributed by atoms with Crippen LogP contribution in [0, 0.1) is 23.2 Å². The first-order valence-electron chi connectivity index (χ1n) is 10.0. The Hall–Kier alpha value is -2.44. The summed E-state index contributed by atoms with van der Waals surface area (Å²) in [6.45, 7) is 0.466. The van der Waals surface area contributed by atoms with Crippen molar-refractivity contribution in [2.45, 2.75) is 49.8 Å². The molecule has 2 N–H and O–H groups in total. The number of carbonyl (C=O) groups excluding carboxylic acids is 2. The van der Waals surface area contributed by atoms with Gasteiger partial charge in [-0.1, -0.05) is 19.3 Å². The summed E-state index contributed by atoms with van der Waals surface area (Å²) in [4.78, 5) is 24.6. The van der Waals surface area contributed by atoms with E-state index in [-0.39, 0.29) is 41.6 Å². The van der Waals surface area contributed by atoms with Crippen LogP contribution in [0.4, 0.5) is 0 Å². The fourth-order valence-corrected chi connectivity index (χ4v) is 5.37. The third-order valence-electron chi connectivity index (χ3n) is 5.73. The summed E-state index contributed by atoms with van der Waals surface area (Å²) in [6.07, 6.45) is 5.72. The van der Waals surface area contributed by atoms with Crippen molar-refractivity contribution in [1.82, 2.24) is 15.2 Å². The minimum Gasteiger partial charge on any atom is -0.273 e. The highest BCUT2D eigenvalue weighted by Gasteiger charge is 2.32. The molecule has 0 bridgehead atoms. The molecule has 8 nitrogen and oxygen atoms in total. The van der Waals surface area contributed by atoms with E-state index in [1.807, 2.05) is 6.07 Å². The van der Waals surface area contributed by atoms with Crippen LogP contribution >= 0.6 is 0 Å². The number of piperidine rings is 1. The van der Waals surface area contributed by atoms with Crippen LogP contribution in [0.1, 0.15) is 50.5 Å². The molecule has 29 heavy (non-hydrogen) atoms. The molecule has 1 aromatic carbocycles. The van der Waals surface area contributed by atoms with Gasteiger partial charge < -0.3 is 0 Å². The normalized spacial score (nSPS) is 19.3. The van der Waals surface area contributed by atoms with Gasteiger partial charge in [-0.3, -0.25) is 20.4 Å². The van der Waals surface area contributed by atoms with Crippen molar-refractivity contribution < 1.29 is 18.0 Å². The summed E-state index contributed by atoms with van der Waals surface area (Å²) in [5.74, 6) is -0.791.